The van der Waals surface area contributed by atoms with Crippen LogP contribution in [0.4, 0.5) is 0 Å². The van der Waals surface area contributed by atoms with Gasteiger partial charge in [0.05, 0.1) is 11.4 Å². The van der Waals surface area contributed by atoms with Gasteiger partial charge in [0.2, 0.25) is 5.91 Å². The van der Waals surface area contributed by atoms with E-state index >= 15 is 0 Å². The number of piperazine rings is 1. The molecule has 19 heavy (non-hydrogen) atoms. The minimum Gasteiger partial charge on any atom is -0.478 e. The quantitative estimate of drug-likeness (QED) is 0.786. The number of hydrogen-bond donors (Lipinski definition) is 2. The van der Waals surface area contributed by atoms with Gasteiger partial charge in [0, 0.05) is 24.0 Å². The number of carbonyl (C=O) groups is 3. The molecule has 0 unspecified atom stereocenters. The van der Waals surface area contributed by atoms with Gasteiger partial charge >= 0.3 is 5.97 Å². The summed E-state index contributed by atoms with van der Waals surface area (Å²) in [6.45, 7) is 1.02. The highest BCUT2D eigenvalue weighted by Crippen LogP contribution is 2.20. The molecule has 1 aliphatic rings. The van der Waals surface area contributed by atoms with Crippen molar-refractivity contribution in [1.29, 1.82) is 0 Å². The number of amides is 2. The van der Waals surface area contributed by atoms with E-state index < -0.39 is 5.97 Å². The van der Waals surface area contributed by atoms with Crippen LogP contribution in [0.1, 0.15) is 14.5 Å². The standard InChI is InChI=1S/C12H12N2O4S/c15-10-7-14(6-5-13-10)12(18)9-3-1-8(19-9)2-4-11(16)17/h1-4H,5-7H2,(H,13,15)(H,16,17)/b4-2+. The number of carbonyl (C=O) groups excluding carboxylic acids is 2. The van der Waals surface area contributed by atoms with Crippen LogP contribution in [0.15, 0.2) is 18.2 Å². The number of thiophene rings is 1. The molecule has 2 amide bonds. The smallest absolute Gasteiger partial charge is 0.328 e. The van der Waals surface area contributed by atoms with Gasteiger partial charge < -0.3 is 15.3 Å². The van der Waals surface area contributed by atoms with Crippen LogP contribution < -0.4 is 5.32 Å². The molecule has 100 valence electrons. The molecule has 1 fully saturated rings. The first-order valence-corrected chi connectivity index (χ1v) is 6.45. The summed E-state index contributed by atoms with van der Waals surface area (Å²) in [5, 5.41) is 11.2. The summed E-state index contributed by atoms with van der Waals surface area (Å²) in [6, 6.07) is 3.32. The van der Waals surface area contributed by atoms with Gasteiger partial charge in [0.15, 0.2) is 0 Å². The predicted octanol–water partition coefficient (Wildman–Crippen LogP) is 0.418. The van der Waals surface area contributed by atoms with Crippen LogP contribution in [-0.4, -0.2) is 47.4 Å². The Bertz CT molecular complexity index is 550. The van der Waals surface area contributed by atoms with Gasteiger partial charge in [-0.05, 0) is 18.2 Å². The van der Waals surface area contributed by atoms with Crippen molar-refractivity contribution < 1.29 is 19.5 Å². The molecule has 0 atom stereocenters. The van der Waals surface area contributed by atoms with Gasteiger partial charge in [0.25, 0.3) is 5.91 Å². The zero-order chi connectivity index (χ0) is 13.8. The Hall–Kier alpha value is -2.15. The van der Waals surface area contributed by atoms with Crippen molar-refractivity contribution in [1.82, 2.24) is 10.2 Å². The van der Waals surface area contributed by atoms with Crippen molar-refractivity contribution in [3.63, 3.8) is 0 Å². The van der Waals surface area contributed by atoms with E-state index in [1.165, 1.54) is 22.3 Å². The van der Waals surface area contributed by atoms with Gasteiger partial charge in [0.1, 0.15) is 0 Å². The molecule has 0 saturated carbocycles. The lowest BCUT2D eigenvalue weighted by molar-refractivity contribution is -0.131. The van der Waals surface area contributed by atoms with Gasteiger partial charge in [-0.3, -0.25) is 9.59 Å². The monoisotopic (exact) mass is 280 g/mol. The third-order valence-corrected chi connectivity index (χ3v) is 3.59. The molecule has 0 spiro atoms. The van der Waals surface area contributed by atoms with Gasteiger partial charge in [-0.1, -0.05) is 0 Å². The normalized spacial score (nSPS) is 15.6. The molecule has 2 heterocycles. The number of hydrogen-bond acceptors (Lipinski definition) is 4. The molecule has 2 rings (SSSR count). The Morgan fingerprint density at radius 3 is 2.89 bits per heavy atom. The molecule has 1 aromatic rings. The van der Waals surface area contributed by atoms with E-state index in [-0.39, 0.29) is 18.4 Å². The maximum absolute atomic E-state index is 12.1. The summed E-state index contributed by atoms with van der Waals surface area (Å²) in [5.41, 5.74) is 0. The molecule has 2 N–H and O–H groups in total. The topological polar surface area (TPSA) is 86.7 Å². The van der Waals surface area contributed by atoms with E-state index in [2.05, 4.69) is 5.32 Å². The van der Waals surface area contributed by atoms with E-state index in [9.17, 15) is 14.4 Å². The second kappa shape index (κ2) is 5.66. The first kappa shape index (κ1) is 13.3. The fourth-order valence-corrected chi connectivity index (χ4v) is 2.56. The first-order chi connectivity index (χ1) is 9.06. The third-order valence-electron chi connectivity index (χ3n) is 2.55. The van der Waals surface area contributed by atoms with Gasteiger partial charge in [-0.15, -0.1) is 11.3 Å². The molecule has 0 bridgehead atoms. The van der Waals surface area contributed by atoms with Crippen LogP contribution in [0.3, 0.4) is 0 Å². The Kier molecular flexibility index (Phi) is 3.96. The molecule has 1 aromatic heterocycles. The van der Waals surface area contributed by atoms with Crippen LogP contribution in [0.5, 0.6) is 0 Å². The highest BCUT2D eigenvalue weighted by molar-refractivity contribution is 7.14. The van der Waals surface area contributed by atoms with Crippen molar-refractivity contribution in [2.45, 2.75) is 0 Å². The van der Waals surface area contributed by atoms with Crippen LogP contribution in [0, 0.1) is 0 Å². The van der Waals surface area contributed by atoms with Crippen molar-refractivity contribution in [2.75, 3.05) is 19.6 Å². The molecular formula is C12H12N2O4S. The number of nitrogens with one attached hydrogen (secondary N) is 1. The number of carboxylic acid groups (broad SMARTS) is 1. The molecule has 0 radical (unpaired) electrons. The SMILES string of the molecule is O=C(O)/C=C/c1ccc(C(=O)N2CCNC(=O)C2)s1. The number of carboxylic acids is 1. The summed E-state index contributed by atoms with van der Waals surface area (Å²) in [5.74, 6) is -1.40. The Balaban J connectivity index is 2.07. The van der Waals surface area contributed by atoms with E-state index in [0.29, 0.717) is 22.8 Å². The molecule has 1 aliphatic heterocycles. The maximum Gasteiger partial charge on any atom is 0.328 e. The van der Waals surface area contributed by atoms with Gasteiger partial charge in [-0.25, -0.2) is 4.79 Å². The Morgan fingerprint density at radius 2 is 2.21 bits per heavy atom. The molecule has 1 saturated heterocycles. The van der Waals surface area contributed by atoms with E-state index in [4.69, 9.17) is 5.11 Å². The van der Waals surface area contributed by atoms with Crippen LogP contribution in [-0.2, 0) is 9.59 Å². The fourth-order valence-electron chi connectivity index (χ4n) is 1.68. The van der Waals surface area contributed by atoms with Crippen molar-refractivity contribution in [3.05, 3.63) is 28.0 Å². The number of aliphatic carboxylic acids is 1. The van der Waals surface area contributed by atoms with Crippen molar-refractivity contribution in [3.8, 4) is 0 Å². The maximum atomic E-state index is 12.1. The zero-order valence-electron chi connectivity index (χ0n) is 9.96. The number of rotatable bonds is 3. The first-order valence-electron chi connectivity index (χ1n) is 5.63. The van der Waals surface area contributed by atoms with Crippen molar-refractivity contribution in [2.24, 2.45) is 0 Å². The zero-order valence-corrected chi connectivity index (χ0v) is 10.8. The minimum absolute atomic E-state index is 0.0665. The second-order valence-electron chi connectivity index (χ2n) is 3.95. The number of nitrogens with zero attached hydrogens (tertiary/aromatic N) is 1. The van der Waals surface area contributed by atoms with E-state index in [1.54, 1.807) is 12.1 Å². The largest absolute Gasteiger partial charge is 0.478 e. The molecule has 6 nitrogen and oxygen atoms in total. The lowest BCUT2D eigenvalue weighted by Crippen LogP contribution is -2.49. The minimum atomic E-state index is -1.03. The Morgan fingerprint density at radius 1 is 1.42 bits per heavy atom. The van der Waals surface area contributed by atoms with Gasteiger partial charge in [-0.2, -0.15) is 0 Å². The summed E-state index contributed by atoms with van der Waals surface area (Å²) in [6.07, 6.45) is 2.46. The van der Waals surface area contributed by atoms with Crippen LogP contribution >= 0.6 is 11.3 Å². The highest BCUT2D eigenvalue weighted by Gasteiger charge is 2.23. The predicted molar refractivity (Wildman–Crippen MR) is 69.9 cm³/mol. The molecule has 7 heteroatoms. The van der Waals surface area contributed by atoms with Crippen LogP contribution in [0.2, 0.25) is 0 Å². The Labute approximate surface area is 113 Å². The summed E-state index contributed by atoms with van der Waals surface area (Å²) < 4.78 is 0. The van der Waals surface area contributed by atoms with Crippen molar-refractivity contribution >= 4 is 35.2 Å². The van der Waals surface area contributed by atoms with E-state index in [0.717, 1.165) is 6.08 Å². The summed E-state index contributed by atoms with van der Waals surface area (Å²) >= 11 is 1.20. The summed E-state index contributed by atoms with van der Waals surface area (Å²) in [7, 11) is 0. The highest BCUT2D eigenvalue weighted by atomic mass is 32.1. The lowest BCUT2D eigenvalue weighted by Gasteiger charge is -2.26. The average molecular weight is 280 g/mol. The van der Waals surface area contributed by atoms with E-state index in [1.807, 2.05) is 0 Å². The summed E-state index contributed by atoms with van der Waals surface area (Å²) in [4.78, 5) is 36.4. The fraction of sp³-hybridized carbons (Fsp3) is 0.250. The average Bonchev–Trinajstić information content (AvgIpc) is 2.84. The third kappa shape index (κ3) is 3.41. The van der Waals surface area contributed by atoms with Crippen LogP contribution in [0.25, 0.3) is 6.08 Å². The molecule has 0 aliphatic carbocycles. The molecular weight excluding hydrogens is 268 g/mol. The molecule has 0 aromatic carbocycles. The second-order valence-corrected chi connectivity index (χ2v) is 5.07. The lowest BCUT2D eigenvalue weighted by atomic mass is 10.3.